The van der Waals surface area contributed by atoms with Crippen LogP contribution in [0.2, 0.25) is 0 Å². The Balaban J connectivity index is 2.40. The molecule has 0 aliphatic heterocycles. The number of halogens is 1. The summed E-state index contributed by atoms with van der Waals surface area (Å²) in [5.41, 5.74) is 0. The zero-order chi connectivity index (χ0) is 9.84. The first kappa shape index (κ1) is 11.2. The van der Waals surface area contributed by atoms with Crippen molar-refractivity contribution >= 4 is 27.3 Å². The minimum Gasteiger partial charge on any atom is -0.312 e. The molecule has 0 aliphatic rings. The van der Waals surface area contributed by atoms with Crippen LogP contribution in [0.5, 0.6) is 0 Å². The van der Waals surface area contributed by atoms with Gasteiger partial charge >= 0.3 is 0 Å². The molecule has 1 unspecified atom stereocenters. The van der Waals surface area contributed by atoms with Crippen LogP contribution in [0.3, 0.4) is 0 Å². The van der Waals surface area contributed by atoms with Crippen molar-refractivity contribution in [3.63, 3.8) is 0 Å². The van der Waals surface area contributed by atoms with Gasteiger partial charge in [-0.1, -0.05) is 13.8 Å². The molecule has 0 amide bonds. The molecule has 1 atom stereocenters. The van der Waals surface area contributed by atoms with E-state index in [0.29, 0.717) is 12.1 Å². The lowest BCUT2D eigenvalue weighted by molar-refractivity contribution is 0.490. The predicted octanol–water partition coefficient (Wildman–Crippen LogP) is 3.44. The van der Waals surface area contributed by atoms with Crippen LogP contribution in [-0.4, -0.2) is 12.1 Å². The van der Waals surface area contributed by atoms with E-state index in [9.17, 15) is 0 Å². The first-order valence-corrected chi connectivity index (χ1v) is 6.19. The molecule has 13 heavy (non-hydrogen) atoms. The quantitative estimate of drug-likeness (QED) is 0.876. The Morgan fingerprint density at radius 2 is 2.08 bits per heavy atom. The Hall–Kier alpha value is 0.140. The molecule has 0 saturated heterocycles. The molecule has 1 nitrogen and oxygen atoms in total. The van der Waals surface area contributed by atoms with Crippen LogP contribution < -0.4 is 5.32 Å². The van der Waals surface area contributed by atoms with Gasteiger partial charge in [-0.05, 0) is 41.4 Å². The summed E-state index contributed by atoms with van der Waals surface area (Å²) in [6.45, 7) is 6.59. The minimum absolute atomic E-state index is 0.561. The van der Waals surface area contributed by atoms with Crippen LogP contribution in [0, 0.1) is 0 Å². The zero-order valence-electron chi connectivity index (χ0n) is 8.30. The van der Waals surface area contributed by atoms with Crippen LogP contribution in [0.4, 0.5) is 0 Å². The lowest BCUT2D eigenvalue weighted by Crippen LogP contribution is -2.33. The molecular weight excluding hydrogens is 246 g/mol. The summed E-state index contributed by atoms with van der Waals surface area (Å²) in [6.07, 6.45) is 1.12. The van der Waals surface area contributed by atoms with Gasteiger partial charge in [0.05, 0.1) is 3.79 Å². The van der Waals surface area contributed by atoms with Crippen LogP contribution in [-0.2, 0) is 6.42 Å². The predicted molar refractivity (Wildman–Crippen MR) is 63.5 cm³/mol. The molecule has 0 bridgehead atoms. The standard InChI is InChI=1S/C10H16BrNS/c1-7(2)12-8(3)6-9-4-5-10(11)13-9/h4-5,7-8,12H,6H2,1-3H3. The normalized spacial score (nSPS) is 13.6. The molecule has 74 valence electrons. The van der Waals surface area contributed by atoms with Crippen LogP contribution >= 0.6 is 27.3 Å². The number of nitrogens with one attached hydrogen (secondary N) is 1. The SMILES string of the molecule is CC(C)NC(C)Cc1ccc(Br)s1. The highest BCUT2D eigenvalue weighted by Crippen LogP contribution is 2.23. The second-order valence-electron chi connectivity index (χ2n) is 3.63. The van der Waals surface area contributed by atoms with Gasteiger partial charge in [0.1, 0.15) is 0 Å². The van der Waals surface area contributed by atoms with Crippen molar-refractivity contribution < 1.29 is 0 Å². The molecule has 0 aliphatic carbocycles. The second-order valence-corrected chi connectivity index (χ2v) is 6.18. The molecule has 1 rings (SSSR count). The van der Waals surface area contributed by atoms with Crippen molar-refractivity contribution in [2.45, 2.75) is 39.3 Å². The Kier molecular flexibility index (Phi) is 4.42. The van der Waals surface area contributed by atoms with Gasteiger partial charge in [-0.2, -0.15) is 0 Å². The van der Waals surface area contributed by atoms with Gasteiger partial charge in [-0.25, -0.2) is 0 Å². The Bertz CT molecular complexity index is 257. The minimum atomic E-state index is 0.561. The molecule has 0 radical (unpaired) electrons. The molecule has 3 heteroatoms. The summed E-state index contributed by atoms with van der Waals surface area (Å²) in [4.78, 5) is 1.44. The van der Waals surface area contributed by atoms with Gasteiger partial charge in [0, 0.05) is 17.0 Å². The fourth-order valence-corrected chi connectivity index (χ4v) is 3.00. The largest absolute Gasteiger partial charge is 0.312 e. The molecule has 0 aromatic carbocycles. The fraction of sp³-hybridized carbons (Fsp3) is 0.600. The Morgan fingerprint density at radius 1 is 1.38 bits per heavy atom. The molecule has 1 aromatic heterocycles. The van der Waals surface area contributed by atoms with Gasteiger partial charge < -0.3 is 5.32 Å². The molecule has 1 heterocycles. The van der Waals surface area contributed by atoms with E-state index in [2.05, 4.69) is 54.2 Å². The zero-order valence-corrected chi connectivity index (χ0v) is 10.7. The molecule has 0 fully saturated rings. The summed E-state index contributed by atoms with van der Waals surface area (Å²) in [5.74, 6) is 0. The highest BCUT2D eigenvalue weighted by Gasteiger charge is 2.06. The van der Waals surface area contributed by atoms with E-state index in [1.54, 1.807) is 0 Å². The van der Waals surface area contributed by atoms with Crippen LogP contribution in [0.25, 0.3) is 0 Å². The second kappa shape index (κ2) is 5.13. The topological polar surface area (TPSA) is 12.0 Å². The van der Waals surface area contributed by atoms with Gasteiger partial charge in [0.15, 0.2) is 0 Å². The highest BCUT2D eigenvalue weighted by atomic mass is 79.9. The maximum Gasteiger partial charge on any atom is 0.0701 e. The van der Waals surface area contributed by atoms with E-state index in [-0.39, 0.29) is 0 Å². The third kappa shape index (κ3) is 4.25. The van der Waals surface area contributed by atoms with Crippen molar-refractivity contribution in [3.05, 3.63) is 20.8 Å². The molecule has 1 aromatic rings. The van der Waals surface area contributed by atoms with Gasteiger partial charge in [0.2, 0.25) is 0 Å². The van der Waals surface area contributed by atoms with Gasteiger partial charge in [0.25, 0.3) is 0 Å². The number of hydrogen-bond acceptors (Lipinski definition) is 2. The van der Waals surface area contributed by atoms with Crippen molar-refractivity contribution in [2.75, 3.05) is 0 Å². The summed E-state index contributed by atoms with van der Waals surface area (Å²) < 4.78 is 1.22. The number of rotatable bonds is 4. The smallest absolute Gasteiger partial charge is 0.0701 e. The Morgan fingerprint density at radius 3 is 2.54 bits per heavy atom. The van der Waals surface area contributed by atoms with E-state index >= 15 is 0 Å². The lowest BCUT2D eigenvalue weighted by Gasteiger charge is -2.15. The number of hydrogen-bond donors (Lipinski definition) is 1. The third-order valence-corrected chi connectivity index (χ3v) is 3.40. The summed E-state index contributed by atoms with van der Waals surface area (Å²) >= 11 is 5.29. The monoisotopic (exact) mass is 261 g/mol. The average molecular weight is 262 g/mol. The molecule has 0 spiro atoms. The van der Waals surface area contributed by atoms with Crippen molar-refractivity contribution in [3.8, 4) is 0 Å². The third-order valence-electron chi connectivity index (χ3n) is 1.75. The fourth-order valence-electron chi connectivity index (χ4n) is 1.39. The van der Waals surface area contributed by atoms with Gasteiger partial charge in [-0.15, -0.1) is 11.3 Å². The van der Waals surface area contributed by atoms with E-state index < -0.39 is 0 Å². The number of thiophene rings is 1. The molecule has 0 saturated carbocycles. The van der Waals surface area contributed by atoms with Crippen LogP contribution in [0.1, 0.15) is 25.6 Å². The van der Waals surface area contributed by atoms with E-state index in [0.717, 1.165) is 6.42 Å². The average Bonchev–Trinajstić information content (AvgIpc) is 2.33. The van der Waals surface area contributed by atoms with E-state index in [1.807, 2.05) is 11.3 Å². The molecular formula is C10H16BrNS. The van der Waals surface area contributed by atoms with Crippen molar-refractivity contribution in [1.29, 1.82) is 0 Å². The first-order chi connectivity index (χ1) is 6.08. The van der Waals surface area contributed by atoms with Crippen LogP contribution in [0.15, 0.2) is 15.9 Å². The van der Waals surface area contributed by atoms with E-state index in [1.165, 1.54) is 8.66 Å². The highest BCUT2D eigenvalue weighted by molar-refractivity contribution is 9.11. The Labute approximate surface area is 92.7 Å². The molecule has 1 N–H and O–H groups in total. The maximum absolute atomic E-state index is 3.49. The van der Waals surface area contributed by atoms with Crippen molar-refractivity contribution in [1.82, 2.24) is 5.32 Å². The van der Waals surface area contributed by atoms with Crippen molar-refractivity contribution in [2.24, 2.45) is 0 Å². The first-order valence-electron chi connectivity index (χ1n) is 4.58. The van der Waals surface area contributed by atoms with Gasteiger partial charge in [-0.3, -0.25) is 0 Å². The summed E-state index contributed by atoms with van der Waals surface area (Å²) in [5, 5.41) is 3.49. The summed E-state index contributed by atoms with van der Waals surface area (Å²) in [6, 6.07) is 5.43. The maximum atomic E-state index is 3.49. The lowest BCUT2D eigenvalue weighted by atomic mass is 10.2. The van der Waals surface area contributed by atoms with E-state index in [4.69, 9.17) is 0 Å². The summed E-state index contributed by atoms with van der Waals surface area (Å²) in [7, 11) is 0.